The molecule has 30 heavy (non-hydrogen) atoms. The van der Waals surface area contributed by atoms with Crippen LogP contribution in [0.1, 0.15) is 35.3 Å². The molecule has 3 rings (SSSR count). The van der Waals surface area contributed by atoms with Gasteiger partial charge >= 0.3 is 0 Å². The summed E-state index contributed by atoms with van der Waals surface area (Å²) in [5.41, 5.74) is 1.96. The summed E-state index contributed by atoms with van der Waals surface area (Å²) in [5, 5.41) is 2.87. The van der Waals surface area contributed by atoms with Gasteiger partial charge in [-0.2, -0.15) is 4.31 Å². The number of aryl methyl sites for hydroxylation is 1. The number of hydrogen-bond acceptors (Lipinski definition) is 5. The molecule has 1 amide bonds. The van der Waals surface area contributed by atoms with Crippen LogP contribution in [0.4, 0.5) is 0 Å². The van der Waals surface area contributed by atoms with Gasteiger partial charge in [0.15, 0.2) is 0 Å². The number of amides is 1. The molecule has 0 unspecified atom stereocenters. The summed E-state index contributed by atoms with van der Waals surface area (Å²) in [6.45, 7) is 7.38. The maximum atomic E-state index is 12.9. The summed E-state index contributed by atoms with van der Waals surface area (Å²) in [6.07, 6.45) is 0.0636. The average molecular weight is 433 g/mol. The maximum absolute atomic E-state index is 12.9. The molecule has 0 bridgehead atoms. The van der Waals surface area contributed by atoms with Crippen molar-refractivity contribution in [1.29, 1.82) is 0 Å². The first-order valence-corrected chi connectivity index (χ1v) is 11.4. The van der Waals surface area contributed by atoms with Gasteiger partial charge in [-0.15, -0.1) is 0 Å². The number of carbonyl (C=O) groups excluding carboxylic acids is 1. The number of sulfonamides is 1. The second-order valence-corrected chi connectivity index (χ2v) is 9.43. The van der Waals surface area contributed by atoms with E-state index in [-0.39, 0.29) is 16.9 Å². The van der Waals surface area contributed by atoms with Gasteiger partial charge in [-0.05, 0) is 56.2 Å². The van der Waals surface area contributed by atoms with Crippen molar-refractivity contribution in [2.45, 2.75) is 38.3 Å². The second-order valence-electron chi connectivity index (χ2n) is 7.49. The van der Waals surface area contributed by atoms with E-state index in [1.54, 1.807) is 19.1 Å². The minimum Gasteiger partial charge on any atom is -0.491 e. The Balaban J connectivity index is 1.74. The average Bonchev–Trinajstić information content (AvgIpc) is 2.72. The highest BCUT2D eigenvalue weighted by Crippen LogP contribution is 2.21. The van der Waals surface area contributed by atoms with Crippen molar-refractivity contribution in [3.63, 3.8) is 0 Å². The fourth-order valence-corrected chi connectivity index (χ4v) is 4.66. The van der Waals surface area contributed by atoms with Gasteiger partial charge in [-0.1, -0.05) is 18.2 Å². The fourth-order valence-electron chi connectivity index (χ4n) is 3.22. The number of carbonyl (C=O) groups is 1. The molecule has 2 aromatic rings. The summed E-state index contributed by atoms with van der Waals surface area (Å²) in [5.74, 6) is 0.424. The Morgan fingerprint density at radius 2 is 1.90 bits per heavy atom. The zero-order valence-corrected chi connectivity index (χ0v) is 18.4. The number of morpholine rings is 1. The fraction of sp³-hybridized carbons (Fsp3) is 0.409. The summed E-state index contributed by atoms with van der Waals surface area (Å²) < 4.78 is 38.1. The summed E-state index contributed by atoms with van der Waals surface area (Å²) >= 11 is 0. The quantitative estimate of drug-likeness (QED) is 0.727. The largest absolute Gasteiger partial charge is 0.491 e. The third-order valence-corrected chi connectivity index (χ3v) is 6.68. The predicted octanol–water partition coefficient (Wildman–Crippen LogP) is 2.73. The molecule has 7 nitrogen and oxygen atoms in total. The molecule has 1 N–H and O–H groups in total. The van der Waals surface area contributed by atoms with Crippen LogP contribution < -0.4 is 10.1 Å². The van der Waals surface area contributed by atoms with Crippen molar-refractivity contribution in [1.82, 2.24) is 9.62 Å². The van der Waals surface area contributed by atoms with Gasteiger partial charge in [0, 0.05) is 25.2 Å². The van der Waals surface area contributed by atoms with Crippen LogP contribution in [0.5, 0.6) is 5.75 Å². The van der Waals surface area contributed by atoms with E-state index < -0.39 is 10.0 Å². The first kappa shape index (κ1) is 22.3. The van der Waals surface area contributed by atoms with Gasteiger partial charge in [0.2, 0.25) is 10.0 Å². The Labute approximate surface area is 178 Å². The van der Waals surface area contributed by atoms with E-state index in [2.05, 4.69) is 5.32 Å². The molecule has 0 atom stereocenters. The molecule has 0 radical (unpaired) electrons. The van der Waals surface area contributed by atoms with Crippen LogP contribution in [0.15, 0.2) is 47.4 Å². The molecule has 0 aromatic heterocycles. The SMILES string of the molecule is Cc1ccc(S(=O)(=O)N2CCOCC2)cc1C(=O)NCc1cccc(OC(C)C)c1. The van der Waals surface area contributed by atoms with Gasteiger partial charge in [-0.25, -0.2) is 8.42 Å². The summed E-state index contributed by atoms with van der Waals surface area (Å²) in [6, 6.07) is 12.2. The highest BCUT2D eigenvalue weighted by Gasteiger charge is 2.27. The Hall–Kier alpha value is -2.42. The molecular weight excluding hydrogens is 404 g/mol. The lowest BCUT2D eigenvalue weighted by atomic mass is 10.1. The molecular formula is C22H28N2O5S. The van der Waals surface area contributed by atoms with E-state index in [0.717, 1.165) is 11.3 Å². The standard InChI is InChI=1S/C22H28N2O5S/c1-16(2)29-19-6-4-5-18(13-19)15-23-22(25)21-14-20(8-7-17(21)3)30(26,27)24-9-11-28-12-10-24/h4-8,13-14,16H,9-12,15H2,1-3H3,(H,23,25). The Morgan fingerprint density at radius 3 is 2.60 bits per heavy atom. The second kappa shape index (κ2) is 9.59. The smallest absolute Gasteiger partial charge is 0.251 e. The number of rotatable bonds is 7. The predicted molar refractivity (Wildman–Crippen MR) is 114 cm³/mol. The van der Waals surface area contributed by atoms with Crippen LogP contribution in [-0.2, 0) is 21.3 Å². The van der Waals surface area contributed by atoms with E-state index in [4.69, 9.17) is 9.47 Å². The molecule has 0 spiro atoms. The number of nitrogens with zero attached hydrogens (tertiary/aromatic N) is 1. The molecule has 2 aromatic carbocycles. The first-order chi connectivity index (χ1) is 14.3. The van der Waals surface area contributed by atoms with Gasteiger partial charge in [0.25, 0.3) is 5.91 Å². The van der Waals surface area contributed by atoms with Gasteiger partial charge in [0.05, 0.1) is 24.2 Å². The molecule has 0 saturated carbocycles. The highest BCUT2D eigenvalue weighted by molar-refractivity contribution is 7.89. The van der Waals surface area contributed by atoms with Gasteiger partial charge in [0.1, 0.15) is 5.75 Å². The van der Waals surface area contributed by atoms with Crippen molar-refractivity contribution in [3.8, 4) is 5.75 Å². The molecule has 8 heteroatoms. The van der Waals surface area contributed by atoms with Crippen molar-refractivity contribution in [3.05, 3.63) is 59.2 Å². The van der Waals surface area contributed by atoms with Crippen LogP contribution in [0.2, 0.25) is 0 Å². The van der Waals surface area contributed by atoms with Gasteiger partial charge < -0.3 is 14.8 Å². The number of benzene rings is 2. The molecule has 1 heterocycles. The van der Waals surface area contributed by atoms with E-state index in [1.165, 1.54) is 10.4 Å². The Morgan fingerprint density at radius 1 is 1.17 bits per heavy atom. The van der Waals surface area contributed by atoms with Crippen LogP contribution in [-0.4, -0.2) is 51.0 Å². The van der Waals surface area contributed by atoms with Crippen molar-refractivity contribution in [2.24, 2.45) is 0 Å². The Kier molecular flexibility index (Phi) is 7.12. The van der Waals surface area contributed by atoms with Crippen LogP contribution in [0, 0.1) is 6.92 Å². The lowest BCUT2D eigenvalue weighted by Gasteiger charge is -2.26. The third-order valence-electron chi connectivity index (χ3n) is 4.78. The Bertz CT molecular complexity index is 998. The van der Waals surface area contributed by atoms with E-state index >= 15 is 0 Å². The number of nitrogens with one attached hydrogen (secondary N) is 1. The van der Waals surface area contributed by atoms with E-state index in [0.29, 0.717) is 44.0 Å². The maximum Gasteiger partial charge on any atom is 0.251 e. The summed E-state index contributed by atoms with van der Waals surface area (Å²) in [4.78, 5) is 12.9. The zero-order valence-electron chi connectivity index (χ0n) is 17.6. The number of ether oxygens (including phenoxy) is 2. The van der Waals surface area contributed by atoms with Crippen LogP contribution in [0.25, 0.3) is 0 Å². The third kappa shape index (κ3) is 5.38. The first-order valence-electron chi connectivity index (χ1n) is 9.99. The van der Waals surface area contributed by atoms with Crippen LogP contribution >= 0.6 is 0 Å². The van der Waals surface area contributed by atoms with Crippen LogP contribution in [0.3, 0.4) is 0 Å². The highest BCUT2D eigenvalue weighted by atomic mass is 32.2. The summed E-state index contributed by atoms with van der Waals surface area (Å²) in [7, 11) is -3.66. The molecule has 1 aliphatic heterocycles. The zero-order chi connectivity index (χ0) is 21.7. The number of hydrogen-bond donors (Lipinski definition) is 1. The van der Waals surface area contributed by atoms with E-state index in [9.17, 15) is 13.2 Å². The molecule has 1 saturated heterocycles. The normalized spacial score (nSPS) is 15.2. The van der Waals surface area contributed by atoms with Crippen molar-refractivity contribution in [2.75, 3.05) is 26.3 Å². The lowest BCUT2D eigenvalue weighted by Crippen LogP contribution is -2.40. The van der Waals surface area contributed by atoms with Crippen molar-refractivity contribution >= 4 is 15.9 Å². The minimum atomic E-state index is -3.66. The van der Waals surface area contributed by atoms with Gasteiger partial charge in [-0.3, -0.25) is 4.79 Å². The molecule has 1 fully saturated rings. The monoisotopic (exact) mass is 432 g/mol. The molecule has 0 aliphatic carbocycles. The minimum absolute atomic E-state index is 0.0636. The van der Waals surface area contributed by atoms with E-state index in [1.807, 2.05) is 38.1 Å². The molecule has 1 aliphatic rings. The van der Waals surface area contributed by atoms with Crippen molar-refractivity contribution < 1.29 is 22.7 Å². The lowest BCUT2D eigenvalue weighted by molar-refractivity contribution is 0.0730. The molecule has 162 valence electrons. The topological polar surface area (TPSA) is 84.9 Å².